The number of nitrogens with zero attached hydrogens (tertiary/aromatic N) is 2. The summed E-state index contributed by atoms with van der Waals surface area (Å²) in [4.78, 5) is 0. The van der Waals surface area contributed by atoms with Crippen LogP contribution in [0.15, 0.2) is 24.3 Å². The molecule has 2 rings (SSSR count). The fraction of sp³-hybridized carbons (Fsp3) is 0.562. The molecule has 20 heavy (non-hydrogen) atoms. The van der Waals surface area contributed by atoms with Crippen molar-refractivity contribution in [2.45, 2.75) is 46.4 Å². The molecule has 0 bridgehead atoms. The van der Waals surface area contributed by atoms with E-state index in [1.807, 2.05) is 16.8 Å². The highest BCUT2D eigenvalue weighted by Crippen LogP contribution is 2.18. The van der Waals surface area contributed by atoms with E-state index < -0.39 is 0 Å². The van der Waals surface area contributed by atoms with Gasteiger partial charge in [0.05, 0.1) is 17.3 Å². The zero-order valence-corrected chi connectivity index (χ0v) is 12.6. The smallest absolute Gasteiger partial charge is 0.0841 e. The van der Waals surface area contributed by atoms with Gasteiger partial charge in [0.25, 0.3) is 0 Å². The molecule has 4 heteroatoms. The Labute approximate surface area is 120 Å². The molecule has 0 radical (unpaired) electrons. The molecule has 0 saturated carbocycles. The van der Waals surface area contributed by atoms with Gasteiger partial charge in [-0.15, -0.1) is 0 Å². The lowest BCUT2D eigenvalue weighted by Gasteiger charge is -2.13. The van der Waals surface area contributed by atoms with Crippen molar-refractivity contribution < 1.29 is 5.11 Å². The van der Waals surface area contributed by atoms with Gasteiger partial charge < -0.3 is 10.4 Å². The Morgan fingerprint density at radius 2 is 2.05 bits per heavy atom. The Morgan fingerprint density at radius 1 is 1.30 bits per heavy atom. The molecule has 110 valence electrons. The van der Waals surface area contributed by atoms with Gasteiger partial charge in [0.15, 0.2) is 0 Å². The van der Waals surface area contributed by atoms with Crippen molar-refractivity contribution in [3.63, 3.8) is 0 Å². The maximum atomic E-state index is 9.87. The molecular weight excluding hydrogens is 250 g/mol. The van der Waals surface area contributed by atoms with Crippen molar-refractivity contribution in [3.8, 4) is 0 Å². The Bertz CT molecular complexity index is 548. The minimum absolute atomic E-state index is 0.283. The predicted molar refractivity (Wildman–Crippen MR) is 82.6 cm³/mol. The minimum atomic E-state index is -0.283. The standard InChI is InChI=1S/C16H25N3O/c1-4-19-16-8-6-5-7-14(16)15(18-19)11-17-10-13(20)9-12(2)3/h5-8,12-13,17,20H,4,9-11H2,1-3H3. The zero-order valence-electron chi connectivity index (χ0n) is 12.6. The zero-order chi connectivity index (χ0) is 14.5. The van der Waals surface area contributed by atoms with Crippen LogP contribution in [-0.2, 0) is 13.1 Å². The van der Waals surface area contributed by atoms with Crippen LogP contribution in [0.3, 0.4) is 0 Å². The number of aliphatic hydroxyl groups is 1. The number of benzene rings is 1. The molecule has 0 spiro atoms. The van der Waals surface area contributed by atoms with Crippen LogP contribution in [0.1, 0.15) is 32.9 Å². The first-order valence-electron chi connectivity index (χ1n) is 7.45. The number of nitrogens with one attached hydrogen (secondary N) is 1. The quantitative estimate of drug-likeness (QED) is 0.816. The lowest BCUT2D eigenvalue weighted by Crippen LogP contribution is -2.27. The molecule has 2 aromatic rings. The normalized spacial score (nSPS) is 13.2. The first-order valence-corrected chi connectivity index (χ1v) is 7.45. The molecular formula is C16H25N3O. The largest absolute Gasteiger partial charge is 0.392 e. The fourth-order valence-corrected chi connectivity index (χ4v) is 2.55. The summed E-state index contributed by atoms with van der Waals surface area (Å²) in [5, 5.41) is 19.0. The van der Waals surface area contributed by atoms with Gasteiger partial charge >= 0.3 is 0 Å². The molecule has 1 unspecified atom stereocenters. The number of hydrogen-bond donors (Lipinski definition) is 2. The molecule has 0 amide bonds. The number of aryl methyl sites for hydroxylation is 1. The molecule has 0 aliphatic carbocycles. The van der Waals surface area contributed by atoms with Gasteiger partial charge in [0, 0.05) is 25.0 Å². The van der Waals surface area contributed by atoms with E-state index in [0.29, 0.717) is 19.0 Å². The molecule has 1 aromatic heterocycles. The first kappa shape index (κ1) is 15.0. The van der Waals surface area contributed by atoms with Crippen molar-refractivity contribution in [2.24, 2.45) is 5.92 Å². The number of aliphatic hydroxyl groups excluding tert-OH is 1. The highest BCUT2D eigenvalue weighted by molar-refractivity contribution is 5.81. The van der Waals surface area contributed by atoms with E-state index in [2.05, 4.69) is 43.3 Å². The van der Waals surface area contributed by atoms with Gasteiger partial charge in [0.2, 0.25) is 0 Å². The SMILES string of the molecule is CCn1nc(CNCC(O)CC(C)C)c2ccccc21. The molecule has 4 nitrogen and oxygen atoms in total. The third kappa shape index (κ3) is 3.58. The van der Waals surface area contributed by atoms with Gasteiger partial charge in [-0.25, -0.2) is 0 Å². The summed E-state index contributed by atoms with van der Waals surface area (Å²) in [5.41, 5.74) is 2.23. The number of para-hydroxylation sites is 1. The highest BCUT2D eigenvalue weighted by Gasteiger charge is 2.10. The van der Waals surface area contributed by atoms with Crippen LogP contribution in [0, 0.1) is 5.92 Å². The van der Waals surface area contributed by atoms with Gasteiger partial charge in [-0.05, 0) is 25.3 Å². The summed E-state index contributed by atoms with van der Waals surface area (Å²) < 4.78 is 2.02. The molecule has 1 aromatic carbocycles. The molecule has 2 N–H and O–H groups in total. The van der Waals surface area contributed by atoms with E-state index in [4.69, 9.17) is 0 Å². The van der Waals surface area contributed by atoms with Crippen LogP contribution < -0.4 is 5.32 Å². The molecule has 0 fully saturated rings. The Hall–Kier alpha value is -1.39. The lowest BCUT2D eigenvalue weighted by atomic mass is 10.1. The van der Waals surface area contributed by atoms with Crippen LogP contribution in [0.4, 0.5) is 0 Å². The summed E-state index contributed by atoms with van der Waals surface area (Å²) in [6.07, 6.45) is 0.548. The second-order valence-corrected chi connectivity index (χ2v) is 5.69. The first-order chi connectivity index (χ1) is 9.61. The van der Waals surface area contributed by atoms with Gasteiger partial charge in [-0.3, -0.25) is 4.68 Å². The molecule has 0 aliphatic heterocycles. The van der Waals surface area contributed by atoms with E-state index in [-0.39, 0.29) is 6.10 Å². The number of fused-ring (bicyclic) bond motifs is 1. The van der Waals surface area contributed by atoms with Crippen LogP contribution in [-0.4, -0.2) is 27.5 Å². The lowest BCUT2D eigenvalue weighted by molar-refractivity contribution is 0.146. The van der Waals surface area contributed by atoms with E-state index in [1.165, 1.54) is 10.9 Å². The predicted octanol–water partition coefficient (Wildman–Crippen LogP) is 2.55. The maximum absolute atomic E-state index is 9.87. The second kappa shape index (κ2) is 6.86. The topological polar surface area (TPSA) is 50.1 Å². The van der Waals surface area contributed by atoms with Crippen LogP contribution in [0.5, 0.6) is 0 Å². The molecule has 0 aliphatic rings. The molecule has 1 heterocycles. The van der Waals surface area contributed by atoms with Crippen molar-refractivity contribution in [1.82, 2.24) is 15.1 Å². The van der Waals surface area contributed by atoms with Gasteiger partial charge in [-0.1, -0.05) is 32.0 Å². The molecule has 0 saturated heterocycles. The van der Waals surface area contributed by atoms with Crippen LogP contribution >= 0.6 is 0 Å². The Kier molecular flexibility index (Phi) is 5.15. The van der Waals surface area contributed by atoms with Crippen molar-refractivity contribution >= 4 is 10.9 Å². The summed E-state index contributed by atoms with van der Waals surface area (Å²) in [7, 11) is 0. The summed E-state index contributed by atoms with van der Waals surface area (Å²) in [6.45, 7) is 8.53. The number of hydrogen-bond acceptors (Lipinski definition) is 3. The number of aromatic nitrogens is 2. The fourth-order valence-electron chi connectivity index (χ4n) is 2.55. The van der Waals surface area contributed by atoms with Crippen LogP contribution in [0.25, 0.3) is 10.9 Å². The number of rotatable bonds is 7. The Balaban J connectivity index is 2.00. The Morgan fingerprint density at radius 3 is 2.75 bits per heavy atom. The van der Waals surface area contributed by atoms with Crippen molar-refractivity contribution in [1.29, 1.82) is 0 Å². The van der Waals surface area contributed by atoms with Gasteiger partial charge in [-0.2, -0.15) is 5.10 Å². The van der Waals surface area contributed by atoms with Crippen molar-refractivity contribution in [2.75, 3.05) is 6.54 Å². The summed E-state index contributed by atoms with van der Waals surface area (Å²) in [6, 6.07) is 8.29. The van der Waals surface area contributed by atoms with Crippen LogP contribution in [0.2, 0.25) is 0 Å². The van der Waals surface area contributed by atoms with E-state index in [1.54, 1.807) is 0 Å². The average molecular weight is 275 g/mol. The minimum Gasteiger partial charge on any atom is -0.392 e. The highest BCUT2D eigenvalue weighted by atomic mass is 16.3. The van der Waals surface area contributed by atoms with E-state index in [0.717, 1.165) is 18.7 Å². The van der Waals surface area contributed by atoms with Crippen molar-refractivity contribution in [3.05, 3.63) is 30.0 Å². The van der Waals surface area contributed by atoms with E-state index in [9.17, 15) is 5.11 Å². The average Bonchev–Trinajstić information content (AvgIpc) is 2.76. The summed E-state index contributed by atoms with van der Waals surface area (Å²) >= 11 is 0. The second-order valence-electron chi connectivity index (χ2n) is 5.69. The third-order valence-electron chi connectivity index (χ3n) is 3.45. The van der Waals surface area contributed by atoms with Gasteiger partial charge in [0.1, 0.15) is 0 Å². The third-order valence-corrected chi connectivity index (χ3v) is 3.45. The molecule has 1 atom stereocenters. The van der Waals surface area contributed by atoms with E-state index >= 15 is 0 Å². The monoisotopic (exact) mass is 275 g/mol. The summed E-state index contributed by atoms with van der Waals surface area (Å²) in [5.74, 6) is 0.520. The maximum Gasteiger partial charge on any atom is 0.0841 e.